The van der Waals surface area contributed by atoms with Gasteiger partial charge < -0.3 is 5.32 Å². The zero-order valence-electron chi connectivity index (χ0n) is 12.0. The summed E-state index contributed by atoms with van der Waals surface area (Å²) in [6.07, 6.45) is 4.77. The van der Waals surface area contributed by atoms with Gasteiger partial charge in [0, 0.05) is 16.8 Å². The number of hydrogen-bond acceptors (Lipinski definition) is 2. The average molecular weight is 340 g/mol. The minimum absolute atomic E-state index is 0.441. The number of rotatable bonds is 4. The number of nitrogens with one attached hydrogen (secondary N) is 1. The second kappa shape index (κ2) is 6.70. The van der Waals surface area contributed by atoms with Crippen LogP contribution in [0.4, 0.5) is 0 Å². The Hall–Kier alpha value is -0.540. The van der Waals surface area contributed by atoms with Gasteiger partial charge >= 0.3 is 0 Å². The zero-order chi connectivity index (χ0) is 14.8. The molecule has 1 heterocycles. The maximum absolute atomic E-state index is 6.14. The van der Waals surface area contributed by atoms with Crippen molar-refractivity contribution < 1.29 is 0 Å². The zero-order valence-corrected chi connectivity index (χ0v) is 14.4. The first kappa shape index (κ1) is 15.4. The van der Waals surface area contributed by atoms with Gasteiger partial charge in [-0.1, -0.05) is 29.3 Å². The van der Waals surface area contributed by atoms with Crippen molar-refractivity contribution in [2.24, 2.45) is 0 Å². The maximum Gasteiger partial charge on any atom is 0.0595 e. The van der Waals surface area contributed by atoms with Crippen LogP contribution < -0.4 is 5.32 Å². The van der Waals surface area contributed by atoms with E-state index >= 15 is 0 Å². The van der Waals surface area contributed by atoms with Crippen LogP contribution in [0, 0.1) is 0 Å². The number of fused-ring (bicyclic) bond motifs is 1. The van der Waals surface area contributed by atoms with Crippen LogP contribution in [0.3, 0.4) is 0 Å². The van der Waals surface area contributed by atoms with Crippen LogP contribution in [0.15, 0.2) is 29.6 Å². The first-order chi connectivity index (χ1) is 10.2. The highest BCUT2D eigenvalue weighted by Gasteiger charge is 2.27. The van der Waals surface area contributed by atoms with Gasteiger partial charge in [0.15, 0.2) is 0 Å². The topological polar surface area (TPSA) is 12.0 Å². The molecule has 0 bridgehead atoms. The third-order valence-electron chi connectivity index (χ3n) is 4.39. The molecule has 0 radical (unpaired) electrons. The van der Waals surface area contributed by atoms with Gasteiger partial charge in [0.1, 0.15) is 0 Å². The number of thiophene rings is 1. The molecular formula is C17H19Cl2NS. The smallest absolute Gasteiger partial charge is 0.0595 e. The van der Waals surface area contributed by atoms with Crippen molar-refractivity contribution in [1.29, 1.82) is 0 Å². The van der Waals surface area contributed by atoms with E-state index < -0.39 is 0 Å². The van der Waals surface area contributed by atoms with Gasteiger partial charge in [-0.15, -0.1) is 11.3 Å². The number of hydrogen-bond donors (Lipinski definition) is 1. The summed E-state index contributed by atoms with van der Waals surface area (Å²) in [5.74, 6) is 0.597. The lowest BCUT2D eigenvalue weighted by molar-refractivity contribution is 0.414. The van der Waals surface area contributed by atoms with E-state index in [4.69, 9.17) is 23.2 Å². The highest BCUT2D eigenvalue weighted by molar-refractivity contribution is 7.10. The van der Waals surface area contributed by atoms with Crippen molar-refractivity contribution in [2.45, 2.75) is 37.6 Å². The Bertz CT molecular complexity index is 623. The standard InChI is InChI=1S/C17H19Cl2NS/c1-20-16(10-11-5-6-14(18)15(19)9-11)12-3-2-4-17-13(12)7-8-21-17/h5-9,12,16,20H,2-4,10H2,1H3. The number of likely N-dealkylation sites (N-methyl/N-ethyl adjacent to an activating group) is 1. The lowest BCUT2D eigenvalue weighted by Crippen LogP contribution is -2.35. The van der Waals surface area contributed by atoms with Gasteiger partial charge in [-0.3, -0.25) is 0 Å². The molecule has 0 amide bonds. The van der Waals surface area contributed by atoms with E-state index in [0.717, 1.165) is 6.42 Å². The molecule has 2 aromatic rings. The van der Waals surface area contributed by atoms with E-state index in [1.54, 1.807) is 10.4 Å². The van der Waals surface area contributed by atoms with E-state index in [0.29, 0.717) is 22.0 Å². The molecule has 0 fully saturated rings. The first-order valence-corrected chi connectivity index (χ1v) is 9.00. The van der Waals surface area contributed by atoms with E-state index in [1.807, 2.05) is 23.5 Å². The minimum Gasteiger partial charge on any atom is -0.316 e. The Kier molecular flexibility index (Phi) is 4.90. The lowest BCUT2D eigenvalue weighted by atomic mass is 9.80. The summed E-state index contributed by atoms with van der Waals surface area (Å²) in [7, 11) is 2.06. The lowest BCUT2D eigenvalue weighted by Gasteiger charge is -2.30. The molecule has 1 aliphatic carbocycles. The van der Waals surface area contributed by atoms with Crippen LogP contribution in [0.1, 0.15) is 34.8 Å². The first-order valence-electron chi connectivity index (χ1n) is 7.36. The molecule has 1 aromatic carbocycles. The van der Waals surface area contributed by atoms with Crippen LogP contribution in [0.25, 0.3) is 0 Å². The molecule has 3 rings (SSSR count). The van der Waals surface area contributed by atoms with Gasteiger partial charge in [0.05, 0.1) is 10.0 Å². The Labute approximate surface area is 140 Å². The van der Waals surface area contributed by atoms with Crippen molar-refractivity contribution in [3.8, 4) is 0 Å². The summed E-state index contributed by atoms with van der Waals surface area (Å²) >= 11 is 14.0. The second-order valence-electron chi connectivity index (χ2n) is 5.65. The van der Waals surface area contributed by atoms with Gasteiger partial charge in [-0.25, -0.2) is 0 Å². The molecule has 112 valence electrons. The third kappa shape index (κ3) is 3.29. The summed E-state index contributed by atoms with van der Waals surface area (Å²) < 4.78 is 0. The molecule has 1 N–H and O–H groups in total. The fourth-order valence-corrected chi connectivity index (χ4v) is 4.62. The molecule has 0 aliphatic heterocycles. The molecule has 0 saturated heterocycles. The van der Waals surface area contributed by atoms with Crippen molar-refractivity contribution >= 4 is 34.5 Å². The SMILES string of the molecule is CNC(Cc1ccc(Cl)c(Cl)c1)C1CCCc2sccc21. The molecule has 4 heteroatoms. The molecule has 1 aromatic heterocycles. The molecule has 2 unspecified atom stereocenters. The molecular weight excluding hydrogens is 321 g/mol. The quantitative estimate of drug-likeness (QED) is 0.796. The van der Waals surface area contributed by atoms with E-state index in [9.17, 15) is 0 Å². The monoisotopic (exact) mass is 339 g/mol. The van der Waals surface area contributed by atoms with Crippen LogP contribution in [0.5, 0.6) is 0 Å². The van der Waals surface area contributed by atoms with Crippen LogP contribution >= 0.6 is 34.5 Å². The fourth-order valence-electron chi connectivity index (χ4n) is 3.31. The molecule has 1 aliphatic rings. The molecule has 2 atom stereocenters. The Balaban J connectivity index is 1.81. The number of aryl methyl sites for hydroxylation is 1. The van der Waals surface area contributed by atoms with Crippen molar-refractivity contribution in [3.63, 3.8) is 0 Å². The predicted molar refractivity (Wildman–Crippen MR) is 93.0 cm³/mol. The Morgan fingerprint density at radius 3 is 2.90 bits per heavy atom. The van der Waals surface area contributed by atoms with E-state index in [1.165, 1.54) is 24.8 Å². The third-order valence-corrected chi connectivity index (χ3v) is 6.13. The van der Waals surface area contributed by atoms with E-state index in [2.05, 4.69) is 29.9 Å². The minimum atomic E-state index is 0.441. The second-order valence-corrected chi connectivity index (χ2v) is 7.46. The summed E-state index contributed by atoms with van der Waals surface area (Å²) in [6, 6.07) is 8.71. The van der Waals surface area contributed by atoms with Gasteiger partial charge in [-0.2, -0.15) is 0 Å². The largest absolute Gasteiger partial charge is 0.316 e. The average Bonchev–Trinajstić information content (AvgIpc) is 2.97. The Morgan fingerprint density at radius 2 is 2.14 bits per heavy atom. The summed E-state index contributed by atoms with van der Waals surface area (Å²) in [5, 5.41) is 7.01. The molecule has 1 nitrogen and oxygen atoms in total. The van der Waals surface area contributed by atoms with Gasteiger partial charge in [0.2, 0.25) is 0 Å². The number of halogens is 2. The van der Waals surface area contributed by atoms with Crippen LogP contribution in [0.2, 0.25) is 10.0 Å². The Morgan fingerprint density at radius 1 is 1.29 bits per heavy atom. The molecule has 0 saturated carbocycles. The predicted octanol–water partition coefficient (Wildman–Crippen LogP) is 5.31. The van der Waals surface area contributed by atoms with Crippen molar-refractivity contribution in [1.82, 2.24) is 5.32 Å². The highest BCUT2D eigenvalue weighted by atomic mass is 35.5. The van der Waals surface area contributed by atoms with Gasteiger partial charge in [-0.05, 0) is 67.4 Å². The van der Waals surface area contributed by atoms with Gasteiger partial charge in [0.25, 0.3) is 0 Å². The molecule has 0 spiro atoms. The summed E-state index contributed by atoms with van der Waals surface area (Å²) in [4.78, 5) is 1.57. The highest BCUT2D eigenvalue weighted by Crippen LogP contribution is 2.38. The normalized spacial score (nSPS) is 19.3. The van der Waals surface area contributed by atoms with E-state index in [-0.39, 0.29) is 0 Å². The summed E-state index contributed by atoms with van der Waals surface area (Å²) in [5.41, 5.74) is 2.79. The summed E-state index contributed by atoms with van der Waals surface area (Å²) in [6.45, 7) is 0. The van der Waals surface area contributed by atoms with Crippen LogP contribution in [-0.2, 0) is 12.8 Å². The fraction of sp³-hybridized carbons (Fsp3) is 0.412. The van der Waals surface area contributed by atoms with Crippen molar-refractivity contribution in [3.05, 3.63) is 55.7 Å². The maximum atomic E-state index is 6.14. The number of benzene rings is 1. The van der Waals surface area contributed by atoms with Crippen LogP contribution in [-0.4, -0.2) is 13.1 Å². The van der Waals surface area contributed by atoms with Crippen molar-refractivity contribution in [2.75, 3.05) is 7.05 Å². The molecule has 21 heavy (non-hydrogen) atoms.